The maximum Gasteiger partial charge on any atom is 0.254 e. The van der Waals surface area contributed by atoms with Crippen LogP contribution in [0.4, 0.5) is 0 Å². The molecule has 0 spiro atoms. The molecule has 1 aliphatic heterocycles. The maximum atomic E-state index is 12.5. The average molecular weight is 353 g/mol. The van der Waals surface area contributed by atoms with Crippen molar-refractivity contribution >= 4 is 27.7 Å². The smallest absolute Gasteiger partial charge is 0.254 e. The lowest BCUT2D eigenvalue weighted by molar-refractivity contribution is -0.125. The van der Waals surface area contributed by atoms with E-state index in [1.165, 1.54) is 0 Å². The number of benzene rings is 1. The number of nitrogens with zero attached hydrogens (tertiary/aromatic N) is 1. The zero-order chi connectivity index (χ0) is 15.4. The lowest BCUT2D eigenvalue weighted by Gasteiger charge is -2.24. The number of likely N-dealkylation sites (tertiary alicyclic amines) is 1. The second kappa shape index (κ2) is 7.07. The quantitative estimate of drug-likeness (QED) is 0.905. The topological polar surface area (TPSA) is 49.4 Å². The first-order valence-corrected chi connectivity index (χ1v) is 8.12. The molecule has 114 valence electrons. The zero-order valence-electron chi connectivity index (χ0n) is 12.4. The van der Waals surface area contributed by atoms with Crippen LogP contribution >= 0.6 is 15.9 Å². The summed E-state index contributed by atoms with van der Waals surface area (Å²) in [5.74, 6) is 0.308. The van der Waals surface area contributed by atoms with Crippen molar-refractivity contribution in [3.05, 3.63) is 34.3 Å². The van der Waals surface area contributed by atoms with Crippen LogP contribution < -0.4 is 5.32 Å². The number of halogens is 1. The monoisotopic (exact) mass is 352 g/mol. The number of carbonyl (C=O) groups is 2. The standard InChI is InChI=1S/C16H21BrN2O2/c1-11(2)10-18-15(20)14-4-3-9-19(14)16(21)12-5-7-13(17)8-6-12/h5-8,11,14H,3-4,9-10H2,1-2H3,(H,18,20). The molecule has 1 N–H and O–H groups in total. The molecule has 1 aromatic rings. The Morgan fingerprint density at radius 3 is 2.62 bits per heavy atom. The summed E-state index contributed by atoms with van der Waals surface area (Å²) in [6.07, 6.45) is 1.62. The van der Waals surface area contributed by atoms with E-state index >= 15 is 0 Å². The molecule has 0 radical (unpaired) electrons. The van der Waals surface area contributed by atoms with Crippen molar-refractivity contribution < 1.29 is 9.59 Å². The minimum absolute atomic E-state index is 0.0355. The first kappa shape index (κ1) is 16.0. The van der Waals surface area contributed by atoms with E-state index in [1.54, 1.807) is 17.0 Å². The molecule has 0 bridgehead atoms. The molecule has 1 aromatic carbocycles. The lowest BCUT2D eigenvalue weighted by Crippen LogP contribution is -2.46. The lowest BCUT2D eigenvalue weighted by atomic mass is 10.1. The third-order valence-electron chi connectivity index (χ3n) is 3.59. The van der Waals surface area contributed by atoms with Crippen LogP contribution in [0.1, 0.15) is 37.0 Å². The second-order valence-corrected chi connectivity index (χ2v) is 6.72. The number of hydrogen-bond donors (Lipinski definition) is 1. The van der Waals surface area contributed by atoms with E-state index in [4.69, 9.17) is 0 Å². The van der Waals surface area contributed by atoms with Gasteiger partial charge in [-0.25, -0.2) is 0 Å². The number of amides is 2. The summed E-state index contributed by atoms with van der Waals surface area (Å²) < 4.78 is 0.937. The predicted molar refractivity (Wildman–Crippen MR) is 86.0 cm³/mol. The Bertz CT molecular complexity index is 514. The number of nitrogens with one attached hydrogen (secondary N) is 1. The Labute approximate surface area is 134 Å². The van der Waals surface area contributed by atoms with E-state index in [1.807, 2.05) is 12.1 Å². The predicted octanol–water partition coefficient (Wildman–Crippen LogP) is 2.83. The second-order valence-electron chi connectivity index (χ2n) is 5.80. The SMILES string of the molecule is CC(C)CNC(=O)C1CCCN1C(=O)c1ccc(Br)cc1. The van der Waals surface area contributed by atoms with Crippen LogP contribution in [0.3, 0.4) is 0 Å². The fourth-order valence-electron chi connectivity index (χ4n) is 2.46. The van der Waals surface area contributed by atoms with E-state index < -0.39 is 0 Å². The van der Waals surface area contributed by atoms with E-state index in [2.05, 4.69) is 35.1 Å². The molecule has 1 fully saturated rings. The summed E-state index contributed by atoms with van der Waals surface area (Å²) in [7, 11) is 0. The minimum Gasteiger partial charge on any atom is -0.354 e. The van der Waals surface area contributed by atoms with Crippen molar-refractivity contribution in [3.8, 4) is 0 Å². The van der Waals surface area contributed by atoms with Gasteiger partial charge in [-0.05, 0) is 43.0 Å². The number of rotatable bonds is 4. The van der Waals surface area contributed by atoms with Crippen LogP contribution in [0.2, 0.25) is 0 Å². The Balaban J connectivity index is 2.05. The van der Waals surface area contributed by atoms with Crippen molar-refractivity contribution in [1.82, 2.24) is 10.2 Å². The Morgan fingerprint density at radius 1 is 1.33 bits per heavy atom. The highest BCUT2D eigenvalue weighted by Crippen LogP contribution is 2.21. The van der Waals surface area contributed by atoms with Gasteiger partial charge in [0.1, 0.15) is 6.04 Å². The van der Waals surface area contributed by atoms with E-state index in [0.717, 1.165) is 17.3 Å². The molecule has 0 aliphatic carbocycles. The van der Waals surface area contributed by atoms with Crippen LogP contribution in [0.15, 0.2) is 28.7 Å². The first-order valence-electron chi connectivity index (χ1n) is 7.33. The van der Waals surface area contributed by atoms with Gasteiger partial charge in [0.15, 0.2) is 0 Å². The maximum absolute atomic E-state index is 12.5. The van der Waals surface area contributed by atoms with Crippen LogP contribution in [0.25, 0.3) is 0 Å². The van der Waals surface area contributed by atoms with Gasteiger partial charge < -0.3 is 10.2 Å². The van der Waals surface area contributed by atoms with Crippen molar-refractivity contribution in [2.75, 3.05) is 13.1 Å². The largest absolute Gasteiger partial charge is 0.354 e. The molecule has 1 unspecified atom stereocenters. The highest BCUT2D eigenvalue weighted by atomic mass is 79.9. The summed E-state index contributed by atoms with van der Waals surface area (Å²) in [5.41, 5.74) is 0.627. The minimum atomic E-state index is -0.333. The van der Waals surface area contributed by atoms with Crippen molar-refractivity contribution in [1.29, 1.82) is 0 Å². The van der Waals surface area contributed by atoms with Crippen molar-refractivity contribution in [2.24, 2.45) is 5.92 Å². The number of carbonyl (C=O) groups excluding carboxylic acids is 2. The molecule has 2 rings (SSSR count). The Hall–Kier alpha value is -1.36. The van der Waals surface area contributed by atoms with Crippen LogP contribution in [-0.2, 0) is 4.79 Å². The van der Waals surface area contributed by atoms with Gasteiger partial charge in [-0.15, -0.1) is 0 Å². The van der Waals surface area contributed by atoms with Gasteiger partial charge in [-0.1, -0.05) is 29.8 Å². The summed E-state index contributed by atoms with van der Waals surface area (Å²) >= 11 is 3.36. The normalized spacial score (nSPS) is 18.1. The highest BCUT2D eigenvalue weighted by molar-refractivity contribution is 9.10. The highest BCUT2D eigenvalue weighted by Gasteiger charge is 2.34. The molecular formula is C16H21BrN2O2. The fourth-order valence-corrected chi connectivity index (χ4v) is 2.73. The molecular weight excluding hydrogens is 332 g/mol. The van der Waals surface area contributed by atoms with Crippen LogP contribution in [0.5, 0.6) is 0 Å². The van der Waals surface area contributed by atoms with Gasteiger partial charge in [-0.2, -0.15) is 0 Å². The van der Waals surface area contributed by atoms with Gasteiger partial charge in [0.05, 0.1) is 0 Å². The van der Waals surface area contributed by atoms with E-state index in [-0.39, 0.29) is 17.9 Å². The van der Waals surface area contributed by atoms with Gasteiger partial charge in [0, 0.05) is 23.1 Å². The van der Waals surface area contributed by atoms with Gasteiger partial charge >= 0.3 is 0 Å². The molecule has 1 atom stereocenters. The summed E-state index contributed by atoms with van der Waals surface area (Å²) in [5, 5.41) is 2.93. The van der Waals surface area contributed by atoms with E-state index in [9.17, 15) is 9.59 Å². The summed E-state index contributed by atoms with van der Waals surface area (Å²) in [6.45, 7) is 5.41. The van der Waals surface area contributed by atoms with E-state index in [0.29, 0.717) is 24.6 Å². The molecule has 1 heterocycles. The zero-order valence-corrected chi connectivity index (χ0v) is 14.0. The van der Waals surface area contributed by atoms with Gasteiger partial charge in [0.2, 0.25) is 5.91 Å². The molecule has 0 aromatic heterocycles. The summed E-state index contributed by atoms with van der Waals surface area (Å²) in [6, 6.07) is 6.93. The first-order chi connectivity index (χ1) is 9.99. The van der Waals surface area contributed by atoms with Gasteiger partial charge in [-0.3, -0.25) is 9.59 Å². The molecule has 1 aliphatic rings. The van der Waals surface area contributed by atoms with Crippen LogP contribution in [-0.4, -0.2) is 35.8 Å². The van der Waals surface area contributed by atoms with Crippen LogP contribution in [0, 0.1) is 5.92 Å². The third kappa shape index (κ3) is 4.06. The number of hydrogen-bond acceptors (Lipinski definition) is 2. The molecule has 2 amide bonds. The molecule has 5 heteroatoms. The summed E-state index contributed by atoms with van der Waals surface area (Å²) in [4.78, 5) is 26.5. The molecule has 4 nitrogen and oxygen atoms in total. The fraction of sp³-hybridized carbons (Fsp3) is 0.500. The molecule has 1 saturated heterocycles. The molecule has 21 heavy (non-hydrogen) atoms. The average Bonchev–Trinajstić information content (AvgIpc) is 2.94. The van der Waals surface area contributed by atoms with Crippen molar-refractivity contribution in [3.63, 3.8) is 0 Å². The van der Waals surface area contributed by atoms with Gasteiger partial charge in [0.25, 0.3) is 5.91 Å². The Morgan fingerprint density at radius 2 is 2.00 bits per heavy atom. The molecule has 0 saturated carbocycles. The van der Waals surface area contributed by atoms with Crippen molar-refractivity contribution in [2.45, 2.75) is 32.7 Å². The third-order valence-corrected chi connectivity index (χ3v) is 4.12. The Kier molecular flexibility index (Phi) is 5.39.